The Morgan fingerprint density at radius 3 is 2.58 bits per heavy atom. The largest absolute Gasteiger partial charge is 0.316 e. The van der Waals surface area contributed by atoms with Crippen molar-refractivity contribution in [2.75, 3.05) is 13.1 Å². The molecule has 1 aromatic rings. The van der Waals surface area contributed by atoms with Crippen molar-refractivity contribution in [2.24, 2.45) is 11.8 Å². The van der Waals surface area contributed by atoms with Crippen LogP contribution in [0, 0.1) is 11.8 Å². The lowest BCUT2D eigenvalue weighted by molar-refractivity contribution is 0.306. The van der Waals surface area contributed by atoms with Crippen LogP contribution < -0.4 is 5.32 Å². The van der Waals surface area contributed by atoms with Gasteiger partial charge in [0.2, 0.25) is 0 Å². The third-order valence-electron chi connectivity index (χ3n) is 4.32. The van der Waals surface area contributed by atoms with Gasteiger partial charge in [0.15, 0.2) is 0 Å². The normalized spacial score (nSPS) is 23.8. The Bertz CT molecular complexity index is 364. The van der Waals surface area contributed by atoms with Crippen molar-refractivity contribution in [3.63, 3.8) is 0 Å². The first-order valence-electron chi connectivity index (χ1n) is 8.00. The van der Waals surface area contributed by atoms with Crippen molar-refractivity contribution in [1.29, 1.82) is 0 Å². The fourth-order valence-electron chi connectivity index (χ4n) is 3.41. The summed E-state index contributed by atoms with van der Waals surface area (Å²) in [7, 11) is 0. The van der Waals surface area contributed by atoms with Crippen LogP contribution in [0.4, 0.5) is 0 Å². The molecule has 1 saturated heterocycles. The van der Waals surface area contributed by atoms with Crippen LogP contribution >= 0.6 is 0 Å². The zero-order valence-corrected chi connectivity index (χ0v) is 12.8. The van der Waals surface area contributed by atoms with E-state index in [0.717, 1.165) is 17.8 Å². The smallest absolute Gasteiger partial charge is 0.00147 e. The second kappa shape index (κ2) is 7.09. The zero-order chi connectivity index (χ0) is 13.7. The van der Waals surface area contributed by atoms with E-state index in [2.05, 4.69) is 50.4 Å². The maximum atomic E-state index is 3.56. The fraction of sp³-hybridized carbons (Fsp3) is 0.667. The molecule has 1 N–H and O–H groups in total. The summed E-state index contributed by atoms with van der Waals surface area (Å²) in [5, 5.41) is 3.56. The zero-order valence-electron chi connectivity index (χ0n) is 12.8. The average Bonchev–Trinajstić information content (AvgIpc) is 2.40. The minimum absolute atomic E-state index is 0.748. The Morgan fingerprint density at radius 1 is 1.21 bits per heavy atom. The Balaban J connectivity index is 2.06. The van der Waals surface area contributed by atoms with Gasteiger partial charge >= 0.3 is 0 Å². The monoisotopic (exact) mass is 259 g/mol. The van der Waals surface area contributed by atoms with Crippen LogP contribution in [0.15, 0.2) is 24.3 Å². The Hall–Kier alpha value is -0.820. The standard InChI is InChI=1S/C18H29N/c1-4-5-17-13-19-11-10-18(17)16-8-6-15(7-9-16)12-14(2)3/h6-9,14,17-19H,4-5,10-13H2,1-3H3. The molecule has 1 heteroatoms. The topological polar surface area (TPSA) is 12.0 Å². The summed E-state index contributed by atoms with van der Waals surface area (Å²) in [5.74, 6) is 2.35. The first-order chi connectivity index (χ1) is 9.20. The summed E-state index contributed by atoms with van der Waals surface area (Å²) in [4.78, 5) is 0. The molecular formula is C18H29N. The highest BCUT2D eigenvalue weighted by Crippen LogP contribution is 2.33. The van der Waals surface area contributed by atoms with Crippen LogP contribution in [0.25, 0.3) is 0 Å². The summed E-state index contributed by atoms with van der Waals surface area (Å²) in [5.41, 5.74) is 3.05. The van der Waals surface area contributed by atoms with Gasteiger partial charge in [-0.2, -0.15) is 0 Å². The molecule has 1 nitrogen and oxygen atoms in total. The van der Waals surface area contributed by atoms with Gasteiger partial charge < -0.3 is 5.32 Å². The molecule has 0 amide bonds. The third kappa shape index (κ3) is 4.07. The fourth-order valence-corrected chi connectivity index (χ4v) is 3.41. The maximum Gasteiger partial charge on any atom is -0.00147 e. The van der Waals surface area contributed by atoms with E-state index in [1.807, 2.05) is 0 Å². The van der Waals surface area contributed by atoms with Crippen LogP contribution in [-0.2, 0) is 6.42 Å². The van der Waals surface area contributed by atoms with Gasteiger partial charge in [-0.15, -0.1) is 0 Å². The molecule has 1 fully saturated rings. The number of hydrogen-bond donors (Lipinski definition) is 1. The molecule has 0 saturated carbocycles. The van der Waals surface area contributed by atoms with Crippen molar-refractivity contribution in [2.45, 2.75) is 52.4 Å². The van der Waals surface area contributed by atoms with Gasteiger partial charge in [-0.25, -0.2) is 0 Å². The van der Waals surface area contributed by atoms with Gasteiger partial charge in [0.1, 0.15) is 0 Å². The second-order valence-electron chi connectivity index (χ2n) is 6.49. The average molecular weight is 259 g/mol. The van der Waals surface area contributed by atoms with Crippen molar-refractivity contribution in [3.8, 4) is 0 Å². The molecule has 1 aliphatic rings. The summed E-state index contributed by atoms with van der Waals surface area (Å²) < 4.78 is 0. The van der Waals surface area contributed by atoms with Crippen molar-refractivity contribution < 1.29 is 0 Å². The second-order valence-corrected chi connectivity index (χ2v) is 6.49. The maximum absolute atomic E-state index is 3.56. The van der Waals surface area contributed by atoms with Crippen molar-refractivity contribution >= 4 is 0 Å². The molecule has 0 bridgehead atoms. The Morgan fingerprint density at radius 2 is 1.95 bits per heavy atom. The summed E-state index contributed by atoms with van der Waals surface area (Å²) in [6.07, 6.45) is 5.15. The van der Waals surface area contributed by atoms with E-state index in [-0.39, 0.29) is 0 Å². The van der Waals surface area contributed by atoms with Crippen LogP contribution in [0.2, 0.25) is 0 Å². The van der Waals surface area contributed by atoms with E-state index < -0.39 is 0 Å². The van der Waals surface area contributed by atoms with Crippen LogP contribution in [-0.4, -0.2) is 13.1 Å². The Labute approximate surface area is 118 Å². The number of hydrogen-bond acceptors (Lipinski definition) is 1. The first kappa shape index (κ1) is 14.6. The van der Waals surface area contributed by atoms with E-state index >= 15 is 0 Å². The molecule has 2 atom stereocenters. The van der Waals surface area contributed by atoms with E-state index in [9.17, 15) is 0 Å². The lowest BCUT2D eigenvalue weighted by atomic mass is 9.78. The highest BCUT2D eigenvalue weighted by molar-refractivity contribution is 5.26. The molecule has 106 valence electrons. The number of benzene rings is 1. The quantitative estimate of drug-likeness (QED) is 0.827. The highest BCUT2D eigenvalue weighted by Gasteiger charge is 2.25. The molecule has 2 unspecified atom stereocenters. The molecule has 1 aromatic carbocycles. The van der Waals surface area contributed by atoms with E-state index in [4.69, 9.17) is 0 Å². The van der Waals surface area contributed by atoms with E-state index in [1.165, 1.54) is 44.3 Å². The molecule has 0 aromatic heterocycles. The predicted octanol–water partition coefficient (Wildman–Crippen LogP) is 4.38. The third-order valence-corrected chi connectivity index (χ3v) is 4.32. The van der Waals surface area contributed by atoms with Crippen LogP contribution in [0.1, 0.15) is 57.1 Å². The minimum atomic E-state index is 0.748. The molecule has 0 radical (unpaired) electrons. The van der Waals surface area contributed by atoms with Crippen LogP contribution in [0.3, 0.4) is 0 Å². The summed E-state index contributed by atoms with van der Waals surface area (Å²) in [6, 6.07) is 9.47. The van der Waals surface area contributed by atoms with Crippen molar-refractivity contribution in [3.05, 3.63) is 35.4 Å². The molecular weight excluding hydrogens is 230 g/mol. The molecule has 19 heavy (non-hydrogen) atoms. The molecule has 1 aliphatic heterocycles. The number of nitrogens with one attached hydrogen (secondary N) is 1. The summed E-state index contributed by atoms with van der Waals surface area (Å²) in [6.45, 7) is 9.26. The van der Waals surface area contributed by atoms with Gasteiger partial charge in [-0.1, -0.05) is 51.5 Å². The van der Waals surface area contributed by atoms with Gasteiger partial charge in [0, 0.05) is 0 Å². The lowest BCUT2D eigenvalue weighted by Gasteiger charge is -2.32. The van der Waals surface area contributed by atoms with E-state index in [1.54, 1.807) is 5.56 Å². The van der Waals surface area contributed by atoms with Crippen molar-refractivity contribution in [1.82, 2.24) is 5.32 Å². The number of piperidine rings is 1. The van der Waals surface area contributed by atoms with E-state index in [0.29, 0.717) is 0 Å². The van der Waals surface area contributed by atoms with Gasteiger partial charge in [-0.3, -0.25) is 0 Å². The predicted molar refractivity (Wildman–Crippen MR) is 83.6 cm³/mol. The Kier molecular flexibility index (Phi) is 5.45. The minimum Gasteiger partial charge on any atom is -0.316 e. The molecule has 0 aliphatic carbocycles. The first-order valence-corrected chi connectivity index (χ1v) is 8.00. The molecule has 1 heterocycles. The van der Waals surface area contributed by atoms with Gasteiger partial charge in [-0.05, 0) is 61.2 Å². The summed E-state index contributed by atoms with van der Waals surface area (Å²) >= 11 is 0. The SMILES string of the molecule is CCCC1CNCCC1c1ccc(CC(C)C)cc1. The molecule has 2 rings (SSSR count). The number of rotatable bonds is 5. The lowest BCUT2D eigenvalue weighted by Crippen LogP contribution is -2.35. The van der Waals surface area contributed by atoms with Crippen LogP contribution in [0.5, 0.6) is 0 Å². The molecule has 0 spiro atoms. The highest BCUT2D eigenvalue weighted by atomic mass is 14.9. The van der Waals surface area contributed by atoms with Gasteiger partial charge in [0.05, 0.1) is 0 Å². The van der Waals surface area contributed by atoms with Gasteiger partial charge in [0.25, 0.3) is 0 Å².